The molecule has 34 heavy (non-hydrogen) atoms. The molecule has 0 aromatic heterocycles. The highest BCUT2D eigenvalue weighted by Gasteiger charge is 2.55. The zero-order chi connectivity index (χ0) is 24.5. The first-order chi connectivity index (χ1) is 16.1. The Morgan fingerprint density at radius 2 is 1.79 bits per heavy atom. The molecule has 0 radical (unpaired) electrons. The molecule has 0 bridgehead atoms. The van der Waals surface area contributed by atoms with Crippen LogP contribution in [0.4, 0.5) is 0 Å². The van der Waals surface area contributed by atoms with Gasteiger partial charge in [0.2, 0.25) is 5.91 Å². The average molecular weight is 465 g/mol. The smallest absolute Gasteiger partial charge is 0.251 e. The first-order valence-electron chi connectivity index (χ1n) is 11.7. The lowest BCUT2D eigenvalue weighted by molar-refractivity contribution is -0.130. The third kappa shape index (κ3) is 4.71. The van der Waals surface area contributed by atoms with Crippen LogP contribution in [0.1, 0.15) is 67.4 Å². The largest absolute Gasteiger partial charge is 0.508 e. The molecule has 7 nitrogen and oxygen atoms in total. The van der Waals surface area contributed by atoms with Gasteiger partial charge in [0.25, 0.3) is 5.91 Å². The summed E-state index contributed by atoms with van der Waals surface area (Å²) in [4.78, 5) is 38.9. The second-order valence-electron chi connectivity index (χ2n) is 10.3. The molecule has 0 spiro atoms. The zero-order valence-electron chi connectivity index (χ0n) is 19.9. The predicted molar refractivity (Wildman–Crippen MR) is 128 cm³/mol. The third-order valence-electron chi connectivity index (χ3n) is 6.94. The normalized spacial score (nSPS) is 22.8. The van der Waals surface area contributed by atoms with Crippen LogP contribution in [0.3, 0.4) is 0 Å². The van der Waals surface area contributed by atoms with Gasteiger partial charge < -0.3 is 20.5 Å². The number of hydrogen-bond acceptors (Lipinski definition) is 5. The summed E-state index contributed by atoms with van der Waals surface area (Å²) in [5.41, 5.74) is 1.26. The molecule has 3 unspecified atom stereocenters. The van der Waals surface area contributed by atoms with E-state index in [4.69, 9.17) is 4.74 Å². The highest BCUT2D eigenvalue weighted by molar-refractivity contribution is 5.98. The van der Waals surface area contributed by atoms with Crippen LogP contribution >= 0.6 is 0 Å². The lowest BCUT2D eigenvalue weighted by Gasteiger charge is -2.30. The maximum atomic E-state index is 13.4. The molecular formula is C27H32N2O5. The van der Waals surface area contributed by atoms with Crippen LogP contribution in [0.5, 0.6) is 5.75 Å². The number of hydrogen-bond donors (Lipinski definition) is 3. The molecule has 2 amide bonds. The van der Waals surface area contributed by atoms with Gasteiger partial charge in [-0.05, 0) is 60.1 Å². The van der Waals surface area contributed by atoms with Crippen LogP contribution in [0, 0.1) is 0 Å². The van der Waals surface area contributed by atoms with E-state index in [1.807, 2.05) is 12.1 Å². The molecule has 3 N–H and O–H groups in total. The van der Waals surface area contributed by atoms with Crippen molar-refractivity contribution in [1.29, 1.82) is 0 Å². The predicted octanol–water partition coefficient (Wildman–Crippen LogP) is 3.21. The van der Waals surface area contributed by atoms with Crippen molar-refractivity contribution in [2.45, 2.75) is 63.0 Å². The summed E-state index contributed by atoms with van der Waals surface area (Å²) in [6.45, 7) is 6.38. The molecule has 2 aromatic carbocycles. The fourth-order valence-electron chi connectivity index (χ4n) is 4.83. The van der Waals surface area contributed by atoms with E-state index in [9.17, 15) is 19.5 Å². The molecule has 4 rings (SSSR count). The summed E-state index contributed by atoms with van der Waals surface area (Å²) < 4.78 is 5.62. The van der Waals surface area contributed by atoms with E-state index in [0.29, 0.717) is 17.5 Å². The summed E-state index contributed by atoms with van der Waals surface area (Å²) in [5, 5.41) is 15.5. The van der Waals surface area contributed by atoms with E-state index in [-0.39, 0.29) is 48.0 Å². The molecule has 1 saturated heterocycles. The lowest BCUT2D eigenvalue weighted by Crippen LogP contribution is -2.57. The van der Waals surface area contributed by atoms with Crippen LogP contribution in [0.15, 0.2) is 48.5 Å². The molecule has 2 aromatic rings. The number of ketones is 1. The van der Waals surface area contributed by atoms with Gasteiger partial charge in [0.15, 0.2) is 5.78 Å². The number of fused-ring (bicyclic) bond motifs is 1. The molecule has 1 aliphatic heterocycles. The van der Waals surface area contributed by atoms with Crippen molar-refractivity contribution in [3.05, 3.63) is 65.2 Å². The second-order valence-corrected chi connectivity index (χ2v) is 10.3. The molecule has 1 heterocycles. The number of nitrogens with one attached hydrogen (secondary N) is 2. The lowest BCUT2D eigenvalue weighted by atomic mass is 9.86. The molecule has 1 saturated carbocycles. The van der Waals surface area contributed by atoms with Crippen molar-refractivity contribution in [1.82, 2.24) is 10.6 Å². The Hall–Kier alpha value is -3.19. The van der Waals surface area contributed by atoms with Crippen molar-refractivity contribution in [2.24, 2.45) is 0 Å². The Bertz CT molecular complexity index is 1070. The highest BCUT2D eigenvalue weighted by atomic mass is 16.5. The number of phenolic OH excluding ortho intramolecular Hbond substituents is 1. The minimum absolute atomic E-state index is 0.0100. The maximum absolute atomic E-state index is 13.4. The minimum Gasteiger partial charge on any atom is -0.508 e. The highest BCUT2D eigenvalue weighted by Crippen LogP contribution is 2.38. The van der Waals surface area contributed by atoms with E-state index in [1.54, 1.807) is 24.3 Å². The molecular weight excluding hydrogens is 432 g/mol. The summed E-state index contributed by atoms with van der Waals surface area (Å²) in [7, 11) is 0. The molecule has 1 aliphatic carbocycles. The van der Waals surface area contributed by atoms with Crippen molar-refractivity contribution in [3.63, 3.8) is 0 Å². The Morgan fingerprint density at radius 3 is 2.44 bits per heavy atom. The number of benzene rings is 2. The minimum atomic E-state index is -0.987. The molecule has 3 atom stereocenters. The van der Waals surface area contributed by atoms with Crippen LogP contribution < -0.4 is 10.6 Å². The summed E-state index contributed by atoms with van der Waals surface area (Å²) >= 11 is 0. The van der Waals surface area contributed by atoms with Crippen molar-refractivity contribution in [2.75, 3.05) is 13.2 Å². The summed E-state index contributed by atoms with van der Waals surface area (Å²) in [5.74, 6) is -1.38. The standard InChI is InChI=1S/C27H32N2O5/c1-26(2,3)19-10-6-18(7-11-19)24(32)28-15-21(17-8-12-20(30)13-9-17)25(33)29-27-14-4-5-23(27)34-16-22(27)31/h6-13,21,23,30H,4-5,14-16H2,1-3H3,(H,28,32)(H,29,33). The Balaban J connectivity index is 1.51. The monoisotopic (exact) mass is 464 g/mol. The van der Waals surface area contributed by atoms with Crippen LogP contribution in [-0.4, -0.2) is 47.5 Å². The fraction of sp³-hybridized carbons (Fsp3) is 0.444. The van der Waals surface area contributed by atoms with Gasteiger partial charge >= 0.3 is 0 Å². The Labute approximate surface area is 199 Å². The van der Waals surface area contributed by atoms with Crippen LogP contribution in [0.2, 0.25) is 0 Å². The molecule has 2 fully saturated rings. The SMILES string of the molecule is CC(C)(C)c1ccc(C(=O)NCC(C(=O)NC23CCCC2OCC3=O)c2ccc(O)cc2)cc1. The van der Waals surface area contributed by atoms with Crippen molar-refractivity contribution < 1.29 is 24.2 Å². The van der Waals surface area contributed by atoms with Gasteiger partial charge in [0.1, 0.15) is 17.9 Å². The Kier molecular flexibility index (Phi) is 6.49. The average Bonchev–Trinajstić information content (AvgIpc) is 3.33. The van der Waals surface area contributed by atoms with Crippen LogP contribution in [-0.2, 0) is 19.7 Å². The van der Waals surface area contributed by atoms with Gasteiger partial charge in [-0.2, -0.15) is 0 Å². The first-order valence-corrected chi connectivity index (χ1v) is 11.7. The maximum Gasteiger partial charge on any atom is 0.251 e. The Morgan fingerprint density at radius 1 is 1.12 bits per heavy atom. The summed E-state index contributed by atoms with van der Waals surface area (Å²) in [6.07, 6.45) is 1.79. The number of amides is 2. The van der Waals surface area contributed by atoms with E-state index < -0.39 is 11.5 Å². The van der Waals surface area contributed by atoms with Gasteiger partial charge in [-0.3, -0.25) is 14.4 Å². The number of aromatic hydroxyl groups is 1. The van der Waals surface area contributed by atoms with Gasteiger partial charge in [0.05, 0.1) is 12.0 Å². The van der Waals surface area contributed by atoms with Gasteiger partial charge in [-0.25, -0.2) is 0 Å². The first kappa shape index (κ1) is 24.0. The van der Waals surface area contributed by atoms with E-state index >= 15 is 0 Å². The quantitative estimate of drug-likeness (QED) is 0.609. The van der Waals surface area contributed by atoms with E-state index in [1.165, 1.54) is 12.1 Å². The zero-order valence-corrected chi connectivity index (χ0v) is 19.9. The van der Waals surface area contributed by atoms with E-state index in [2.05, 4.69) is 31.4 Å². The van der Waals surface area contributed by atoms with Gasteiger partial charge in [-0.15, -0.1) is 0 Å². The van der Waals surface area contributed by atoms with Crippen molar-refractivity contribution in [3.8, 4) is 5.75 Å². The molecule has 2 aliphatic rings. The topological polar surface area (TPSA) is 105 Å². The molecule has 180 valence electrons. The number of carbonyl (C=O) groups is 3. The second kappa shape index (κ2) is 9.22. The van der Waals surface area contributed by atoms with Crippen molar-refractivity contribution >= 4 is 17.6 Å². The van der Waals surface area contributed by atoms with E-state index in [0.717, 1.165) is 18.4 Å². The number of rotatable bonds is 6. The number of carbonyl (C=O) groups excluding carboxylic acids is 3. The third-order valence-corrected chi connectivity index (χ3v) is 6.94. The fourth-order valence-corrected chi connectivity index (χ4v) is 4.83. The number of ether oxygens (including phenoxy) is 1. The summed E-state index contributed by atoms with van der Waals surface area (Å²) in [6, 6.07) is 13.7. The van der Waals surface area contributed by atoms with Crippen LogP contribution in [0.25, 0.3) is 0 Å². The van der Waals surface area contributed by atoms with Gasteiger partial charge in [0, 0.05) is 12.1 Å². The number of phenols is 1. The molecule has 7 heteroatoms. The van der Waals surface area contributed by atoms with Gasteiger partial charge in [-0.1, -0.05) is 45.0 Å². The number of Topliss-reactive ketones (excluding diaryl/α,β-unsaturated/α-hetero) is 1.